The minimum Gasteiger partial charge on any atom is -0.379 e. The molecule has 1 N–H and O–H groups in total. The number of H-pyrrole nitrogens is 1. The lowest BCUT2D eigenvalue weighted by Crippen LogP contribution is -2.37. The van der Waals surface area contributed by atoms with E-state index in [1.807, 2.05) is 18.2 Å². The van der Waals surface area contributed by atoms with Crippen molar-refractivity contribution in [1.82, 2.24) is 14.9 Å². The molecule has 3 heterocycles. The zero-order chi connectivity index (χ0) is 15.8. The molecule has 0 aliphatic carbocycles. The lowest BCUT2D eigenvalue weighted by Gasteiger charge is -2.26. The van der Waals surface area contributed by atoms with Crippen molar-refractivity contribution in [2.24, 2.45) is 0 Å². The second-order valence-corrected chi connectivity index (χ2v) is 7.13. The molecule has 0 unspecified atom stereocenters. The molecule has 0 atom stereocenters. The van der Waals surface area contributed by atoms with Crippen LogP contribution in [-0.4, -0.2) is 47.7 Å². The number of nitrogens with one attached hydrogen (secondary N) is 1. The van der Waals surface area contributed by atoms with Gasteiger partial charge >= 0.3 is 0 Å². The topological polar surface area (TPSA) is 58.2 Å². The van der Waals surface area contributed by atoms with Crippen LogP contribution in [0, 0.1) is 0 Å². The SMILES string of the molecule is O=c1[nH]c(CCN2CCOCC2)nc2c1sc1ccc(Cl)cc12. The van der Waals surface area contributed by atoms with Crippen LogP contribution in [0.15, 0.2) is 23.0 Å². The van der Waals surface area contributed by atoms with Crippen LogP contribution in [0.4, 0.5) is 0 Å². The Morgan fingerprint density at radius 2 is 2.17 bits per heavy atom. The number of benzene rings is 1. The van der Waals surface area contributed by atoms with Gasteiger partial charge < -0.3 is 9.72 Å². The average molecular weight is 350 g/mol. The van der Waals surface area contributed by atoms with Gasteiger partial charge in [0.05, 0.1) is 18.7 Å². The summed E-state index contributed by atoms with van der Waals surface area (Å²) in [6.07, 6.45) is 0.725. The highest BCUT2D eigenvalue weighted by Crippen LogP contribution is 2.32. The summed E-state index contributed by atoms with van der Waals surface area (Å²) in [6, 6.07) is 5.66. The Morgan fingerprint density at radius 3 is 3.00 bits per heavy atom. The first-order chi connectivity index (χ1) is 11.2. The Bertz CT molecular complexity index is 915. The molecule has 120 valence electrons. The molecule has 0 saturated carbocycles. The standard InChI is InChI=1S/C16H16ClN3O2S/c17-10-1-2-12-11(9-10)14-15(23-12)16(21)19-13(18-14)3-4-20-5-7-22-8-6-20/h1-2,9H,3-8H2,(H,18,19,21). The molecule has 5 nitrogen and oxygen atoms in total. The van der Waals surface area contributed by atoms with E-state index in [-0.39, 0.29) is 5.56 Å². The van der Waals surface area contributed by atoms with Gasteiger partial charge in [0, 0.05) is 41.2 Å². The minimum absolute atomic E-state index is 0.0655. The van der Waals surface area contributed by atoms with E-state index in [1.54, 1.807) is 0 Å². The van der Waals surface area contributed by atoms with Crippen molar-refractivity contribution < 1.29 is 4.74 Å². The van der Waals surface area contributed by atoms with E-state index in [0.717, 1.165) is 60.7 Å². The van der Waals surface area contributed by atoms with Gasteiger partial charge in [0.2, 0.25) is 0 Å². The van der Waals surface area contributed by atoms with Gasteiger partial charge in [-0.1, -0.05) is 11.6 Å². The van der Waals surface area contributed by atoms with E-state index in [4.69, 9.17) is 16.3 Å². The number of hydrogen-bond donors (Lipinski definition) is 1. The Kier molecular flexibility index (Phi) is 4.07. The molecule has 3 aromatic rings. The zero-order valence-electron chi connectivity index (χ0n) is 12.5. The number of halogens is 1. The number of aromatic amines is 1. The van der Waals surface area contributed by atoms with Crippen LogP contribution in [0.25, 0.3) is 20.3 Å². The molecule has 0 radical (unpaired) electrons. The Balaban J connectivity index is 1.69. The maximum absolute atomic E-state index is 12.4. The molecule has 2 aromatic heterocycles. The summed E-state index contributed by atoms with van der Waals surface area (Å²) in [7, 11) is 0. The first-order valence-electron chi connectivity index (χ1n) is 7.62. The molecule has 1 aromatic carbocycles. The predicted octanol–water partition coefficient (Wildman–Crippen LogP) is 2.67. The van der Waals surface area contributed by atoms with Crippen molar-refractivity contribution in [2.75, 3.05) is 32.8 Å². The minimum atomic E-state index is -0.0655. The first-order valence-corrected chi connectivity index (χ1v) is 8.81. The Morgan fingerprint density at radius 1 is 1.35 bits per heavy atom. The second kappa shape index (κ2) is 6.20. The zero-order valence-corrected chi connectivity index (χ0v) is 14.0. The van der Waals surface area contributed by atoms with Crippen LogP contribution in [0.3, 0.4) is 0 Å². The van der Waals surface area contributed by atoms with Crippen molar-refractivity contribution in [2.45, 2.75) is 6.42 Å². The number of aromatic nitrogens is 2. The third kappa shape index (κ3) is 2.99. The summed E-state index contributed by atoms with van der Waals surface area (Å²) in [5, 5.41) is 1.62. The van der Waals surface area contributed by atoms with E-state index in [2.05, 4.69) is 14.9 Å². The highest BCUT2D eigenvalue weighted by atomic mass is 35.5. The molecule has 1 aliphatic rings. The van der Waals surface area contributed by atoms with E-state index in [0.29, 0.717) is 9.72 Å². The van der Waals surface area contributed by atoms with E-state index in [1.165, 1.54) is 11.3 Å². The molecule has 7 heteroatoms. The highest BCUT2D eigenvalue weighted by molar-refractivity contribution is 7.25. The quantitative estimate of drug-likeness (QED) is 0.789. The van der Waals surface area contributed by atoms with Crippen molar-refractivity contribution in [3.8, 4) is 0 Å². The van der Waals surface area contributed by atoms with Crippen LogP contribution in [0.5, 0.6) is 0 Å². The van der Waals surface area contributed by atoms with Crippen molar-refractivity contribution in [3.63, 3.8) is 0 Å². The summed E-state index contributed by atoms with van der Waals surface area (Å²) >= 11 is 7.55. The van der Waals surface area contributed by atoms with Gasteiger partial charge in [0.25, 0.3) is 5.56 Å². The number of rotatable bonds is 3. The van der Waals surface area contributed by atoms with Crippen molar-refractivity contribution in [3.05, 3.63) is 39.4 Å². The normalized spacial score (nSPS) is 16.4. The molecular formula is C16H16ClN3O2S. The molecule has 4 rings (SSSR count). The highest BCUT2D eigenvalue weighted by Gasteiger charge is 2.14. The van der Waals surface area contributed by atoms with Crippen molar-refractivity contribution >= 4 is 43.2 Å². The number of hydrogen-bond acceptors (Lipinski definition) is 5. The van der Waals surface area contributed by atoms with Crippen LogP contribution in [0.2, 0.25) is 5.02 Å². The third-order valence-electron chi connectivity index (χ3n) is 4.10. The summed E-state index contributed by atoms with van der Waals surface area (Å²) in [4.78, 5) is 22.3. The summed E-state index contributed by atoms with van der Waals surface area (Å²) in [5.41, 5.74) is 0.692. The van der Waals surface area contributed by atoms with Gasteiger partial charge in [-0.3, -0.25) is 9.69 Å². The molecular weight excluding hydrogens is 334 g/mol. The number of ether oxygens (including phenoxy) is 1. The van der Waals surface area contributed by atoms with Gasteiger partial charge in [0.1, 0.15) is 10.5 Å². The molecule has 0 bridgehead atoms. The van der Waals surface area contributed by atoms with Crippen molar-refractivity contribution in [1.29, 1.82) is 0 Å². The lowest BCUT2D eigenvalue weighted by atomic mass is 10.2. The summed E-state index contributed by atoms with van der Waals surface area (Å²) in [6.45, 7) is 4.29. The molecule has 23 heavy (non-hydrogen) atoms. The monoisotopic (exact) mass is 349 g/mol. The van der Waals surface area contributed by atoms with Gasteiger partial charge in [-0.2, -0.15) is 0 Å². The Labute approximate surface area is 141 Å². The summed E-state index contributed by atoms with van der Waals surface area (Å²) in [5.74, 6) is 0.730. The molecule has 0 amide bonds. The van der Waals surface area contributed by atoms with Gasteiger partial charge in [-0.15, -0.1) is 11.3 Å². The van der Waals surface area contributed by atoms with Gasteiger partial charge in [-0.05, 0) is 18.2 Å². The maximum Gasteiger partial charge on any atom is 0.268 e. The number of nitrogens with zero attached hydrogens (tertiary/aromatic N) is 2. The van der Waals surface area contributed by atoms with E-state index < -0.39 is 0 Å². The van der Waals surface area contributed by atoms with Gasteiger partial charge in [-0.25, -0.2) is 4.98 Å². The van der Waals surface area contributed by atoms with Crippen LogP contribution >= 0.6 is 22.9 Å². The first kappa shape index (κ1) is 15.1. The second-order valence-electron chi connectivity index (χ2n) is 5.64. The fraction of sp³-hybridized carbons (Fsp3) is 0.375. The van der Waals surface area contributed by atoms with Crippen LogP contribution < -0.4 is 5.56 Å². The molecule has 1 saturated heterocycles. The maximum atomic E-state index is 12.4. The Hall–Kier alpha value is -1.47. The predicted molar refractivity (Wildman–Crippen MR) is 93.7 cm³/mol. The fourth-order valence-electron chi connectivity index (χ4n) is 2.88. The van der Waals surface area contributed by atoms with Gasteiger partial charge in [0.15, 0.2) is 0 Å². The van der Waals surface area contributed by atoms with Crippen LogP contribution in [0.1, 0.15) is 5.82 Å². The van der Waals surface area contributed by atoms with E-state index in [9.17, 15) is 4.79 Å². The molecule has 1 aliphatic heterocycles. The van der Waals surface area contributed by atoms with E-state index >= 15 is 0 Å². The molecule has 1 fully saturated rings. The number of morpholine rings is 1. The number of fused-ring (bicyclic) bond motifs is 3. The third-order valence-corrected chi connectivity index (χ3v) is 5.50. The number of thiophene rings is 1. The fourth-order valence-corrected chi connectivity index (χ4v) is 4.07. The smallest absolute Gasteiger partial charge is 0.268 e. The lowest BCUT2D eigenvalue weighted by molar-refractivity contribution is 0.0382. The average Bonchev–Trinajstić information content (AvgIpc) is 2.93. The molecule has 0 spiro atoms. The van der Waals surface area contributed by atoms with Crippen LogP contribution in [-0.2, 0) is 11.2 Å². The summed E-state index contributed by atoms with van der Waals surface area (Å²) < 4.78 is 7.05. The largest absolute Gasteiger partial charge is 0.379 e.